The zero-order valence-electron chi connectivity index (χ0n) is 18.0. The SMILES string of the molecule is CCCCNC(=O)c1cc(-c2ccncc2)nc2ccc(S(=O)(=O)N3CCOCC3)cc12. The van der Waals surface area contributed by atoms with Crippen LogP contribution in [0.3, 0.4) is 0 Å². The van der Waals surface area contributed by atoms with Crippen LogP contribution in [0, 0.1) is 0 Å². The lowest BCUT2D eigenvalue weighted by Gasteiger charge is -2.26. The molecule has 0 aliphatic carbocycles. The number of sulfonamides is 1. The van der Waals surface area contributed by atoms with E-state index < -0.39 is 10.0 Å². The van der Waals surface area contributed by atoms with Crippen LogP contribution in [0.15, 0.2) is 53.7 Å². The zero-order valence-corrected chi connectivity index (χ0v) is 18.8. The van der Waals surface area contributed by atoms with Gasteiger partial charge in [0.05, 0.1) is 34.9 Å². The summed E-state index contributed by atoms with van der Waals surface area (Å²) in [6, 6.07) is 10.1. The normalized spacial score (nSPS) is 15.0. The predicted octanol–water partition coefficient (Wildman–Crippen LogP) is 2.85. The van der Waals surface area contributed by atoms with Gasteiger partial charge in [-0.25, -0.2) is 13.4 Å². The molecule has 3 heterocycles. The smallest absolute Gasteiger partial charge is 0.252 e. The molecule has 3 aromatic rings. The molecule has 0 spiro atoms. The number of carbonyl (C=O) groups is 1. The zero-order chi connectivity index (χ0) is 22.6. The summed E-state index contributed by atoms with van der Waals surface area (Å²) in [6.07, 6.45) is 5.16. The lowest BCUT2D eigenvalue weighted by molar-refractivity contribution is 0.0730. The minimum absolute atomic E-state index is 0.146. The number of rotatable bonds is 7. The summed E-state index contributed by atoms with van der Waals surface area (Å²) in [5.41, 5.74) is 2.41. The van der Waals surface area contributed by atoms with Crippen LogP contribution in [0.4, 0.5) is 0 Å². The van der Waals surface area contributed by atoms with Crippen molar-refractivity contribution in [1.29, 1.82) is 0 Å². The number of unbranched alkanes of at least 4 members (excludes halogenated alkanes) is 1. The molecular weight excluding hydrogens is 428 g/mol. The summed E-state index contributed by atoms with van der Waals surface area (Å²) in [5, 5.41) is 3.44. The van der Waals surface area contributed by atoms with Gasteiger partial charge in [0.25, 0.3) is 5.91 Å². The molecule has 0 atom stereocenters. The summed E-state index contributed by atoms with van der Waals surface area (Å²) in [4.78, 5) is 21.9. The van der Waals surface area contributed by atoms with E-state index in [-0.39, 0.29) is 10.8 Å². The third-order valence-electron chi connectivity index (χ3n) is 5.42. The van der Waals surface area contributed by atoms with E-state index in [1.165, 1.54) is 4.31 Å². The Morgan fingerprint density at radius 3 is 2.59 bits per heavy atom. The standard InChI is InChI=1S/C23H26N4O4S/c1-2-3-8-25-23(28)20-16-22(17-6-9-24-10-7-17)26-21-5-4-18(15-19(20)21)32(29,30)27-11-13-31-14-12-27/h4-7,9-10,15-16H,2-3,8,11-14H2,1H3,(H,25,28). The van der Waals surface area contributed by atoms with E-state index >= 15 is 0 Å². The first-order valence-corrected chi connectivity index (χ1v) is 12.2. The second-order valence-corrected chi connectivity index (χ2v) is 9.53. The van der Waals surface area contributed by atoms with Gasteiger partial charge in [-0.05, 0) is 42.8 Å². The lowest BCUT2D eigenvalue weighted by Crippen LogP contribution is -2.40. The van der Waals surface area contributed by atoms with Gasteiger partial charge in [0.1, 0.15) is 0 Å². The number of amides is 1. The number of hydrogen-bond donors (Lipinski definition) is 1. The molecule has 1 aliphatic rings. The Labute approximate surface area is 187 Å². The molecule has 1 amide bonds. The highest BCUT2D eigenvalue weighted by Gasteiger charge is 2.27. The maximum absolute atomic E-state index is 13.2. The molecule has 1 fully saturated rings. The Hall–Kier alpha value is -2.88. The molecule has 0 saturated carbocycles. The predicted molar refractivity (Wildman–Crippen MR) is 122 cm³/mol. The molecular formula is C23H26N4O4S. The number of nitrogens with zero attached hydrogens (tertiary/aromatic N) is 3. The third kappa shape index (κ3) is 4.64. The highest BCUT2D eigenvalue weighted by Crippen LogP contribution is 2.28. The highest BCUT2D eigenvalue weighted by atomic mass is 32.2. The number of morpholine rings is 1. The van der Waals surface area contributed by atoms with Crippen LogP contribution in [0.5, 0.6) is 0 Å². The minimum atomic E-state index is -3.69. The first-order chi connectivity index (χ1) is 15.5. The maximum Gasteiger partial charge on any atom is 0.252 e. The molecule has 1 saturated heterocycles. The molecule has 0 bridgehead atoms. The van der Waals surface area contributed by atoms with E-state index in [0.717, 1.165) is 18.4 Å². The van der Waals surface area contributed by atoms with Crippen LogP contribution in [0.25, 0.3) is 22.2 Å². The Balaban J connectivity index is 1.81. The Kier molecular flexibility index (Phi) is 6.78. The van der Waals surface area contributed by atoms with Gasteiger partial charge in [0.2, 0.25) is 10.0 Å². The van der Waals surface area contributed by atoms with Crippen molar-refractivity contribution in [2.24, 2.45) is 0 Å². The fraction of sp³-hybridized carbons (Fsp3) is 0.348. The number of benzene rings is 1. The fourth-order valence-corrected chi connectivity index (χ4v) is 5.07. The van der Waals surface area contributed by atoms with Crippen molar-refractivity contribution in [3.63, 3.8) is 0 Å². The molecule has 32 heavy (non-hydrogen) atoms. The molecule has 9 heteroatoms. The number of fused-ring (bicyclic) bond motifs is 1. The lowest BCUT2D eigenvalue weighted by atomic mass is 10.0. The number of carbonyl (C=O) groups excluding carboxylic acids is 1. The second kappa shape index (κ2) is 9.72. The summed E-state index contributed by atoms with van der Waals surface area (Å²) >= 11 is 0. The highest BCUT2D eigenvalue weighted by molar-refractivity contribution is 7.89. The van der Waals surface area contributed by atoms with Gasteiger partial charge >= 0.3 is 0 Å². The number of hydrogen-bond acceptors (Lipinski definition) is 6. The van der Waals surface area contributed by atoms with E-state index in [1.807, 2.05) is 12.1 Å². The van der Waals surface area contributed by atoms with Crippen molar-refractivity contribution in [2.45, 2.75) is 24.7 Å². The molecule has 2 aromatic heterocycles. The van der Waals surface area contributed by atoms with Crippen molar-refractivity contribution in [1.82, 2.24) is 19.6 Å². The van der Waals surface area contributed by atoms with Crippen LogP contribution in [-0.2, 0) is 14.8 Å². The maximum atomic E-state index is 13.2. The van der Waals surface area contributed by atoms with Crippen molar-refractivity contribution < 1.29 is 17.9 Å². The van der Waals surface area contributed by atoms with Gasteiger partial charge in [-0.15, -0.1) is 0 Å². The molecule has 4 rings (SSSR count). The monoisotopic (exact) mass is 454 g/mol. The van der Waals surface area contributed by atoms with E-state index in [2.05, 4.69) is 22.2 Å². The van der Waals surface area contributed by atoms with Crippen LogP contribution in [0.1, 0.15) is 30.1 Å². The van der Waals surface area contributed by atoms with Crippen molar-refractivity contribution in [3.8, 4) is 11.3 Å². The van der Waals surface area contributed by atoms with Crippen molar-refractivity contribution >= 4 is 26.8 Å². The van der Waals surface area contributed by atoms with Gasteiger partial charge in [-0.1, -0.05) is 13.3 Å². The van der Waals surface area contributed by atoms with Crippen LogP contribution in [0.2, 0.25) is 0 Å². The average molecular weight is 455 g/mol. The Morgan fingerprint density at radius 1 is 1.12 bits per heavy atom. The van der Waals surface area contributed by atoms with Crippen LogP contribution < -0.4 is 5.32 Å². The van der Waals surface area contributed by atoms with Gasteiger partial charge in [0, 0.05) is 43.0 Å². The number of aromatic nitrogens is 2. The summed E-state index contributed by atoms with van der Waals surface area (Å²) in [6.45, 7) is 3.96. The van der Waals surface area contributed by atoms with Gasteiger partial charge in [-0.2, -0.15) is 4.31 Å². The van der Waals surface area contributed by atoms with E-state index in [0.29, 0.717) is 55.0 Å². The molecule has 168 valence electrons. The molecule has 0 unspecified atom stereocenters. The molecule has 1 aliphatic heterocycles. The molecule has 1 N–H and O–H groups in total. The first kappa shape index (κ1) is 22.3. The Morgan fingerprint density at radius 2 is 1.88 bits per heavy atom. The topological polar surface area (TPSA) is 101 Å². The second-order valence-electron chi connectivity index (χ2n) is 7.60. The quantitative estimate of drug-likeness (QED) is 0.551. The van der Waals surface area contributed by atoms with E-state index in [4.69, 9.17) is 4.74 Å². The van der Waals surface area contributed by atoms with Crippen LogP contribution >= 0.6 is 0 Å². The molecule has 1 aromatic carbocycles. The minimum Gasteiger partial charge on any atom is -0.379 e. The van der Waals surface area contributed by atoms with E-state index in [1.54, 1.807) is 36.7 Å². The summed E-state index contributed by atoms with van der Waals surface area (Å²) < 4.78 is 33.0. The van der Waals surface area contributed by atoms with E-state index in [9.17, 15) is 13.2 Å². The molecule has 0 radical (unpaired) electrons. The number of pyridine rings is 2. The average Bonchev–Trinajstić information content (AvgIpc) is 2.84. The van der Waals surface area contributed by atoms with Gasteiger partial charge in [-0.3, -0.25) is 9.78 Å². The Bertz CT molecular complexity index is 1210. The van der Waals surface area contributed by atoms with Crippen molar-refractivity contribution in [2.75, 3.05) is 32.8 Å². The first-order valence-electron chi connectivity index (χ1n) is 10.7. The van der Waals surface area contributed by atoms with Crippen molar-refractivity contribution in [3.05, 3.63) is 54.4 Å². The summed E-state index contributed by atoms with van der Waals surface area (Å²) in [5.74, 6) is -0.248. The fourth-order valence-electron chi connectivity index (χ4n) is 3.63. The van der Waals surface area contributed by atoms with Gasteiger partial charge < -0.3 is 10.1 Å². The molecule has 8 nitrogen and oxygen atoms in total. The van der Waals surface area contributed by atoms with Crippen LogP contribution in [-0.4, -0.2) is 61.4 Å². The summed E-state index contributed by atoms with van der Waals surface area (Å²) in [7, 11) is -3.69. The largest absolute Gasteiger partial charge is 0.379 e. The number of nitrogens with one attached hydrogen (secondary N) is 1. The number of ether oxygens (including phenoxy) is 1. The van der Waals surface area contributed by atoms with Gasteiger partial charge in [0.15, 0.2) is 0 Å². The third-order valence-corrected chi connectivity index (χ3v) is 7.32.